The molecule has 0 heterocycles. The monoisotopic (exact) mass is 382 g/mol. The Bertz CT molecular complexity index is 730. The molecule has 148 valence electrons. The predicted octanol–water partition coefficient (Wildman–Crippen LogP) is -0.0399. The fourth-order valence-corrected chi connectivity index (χ4v) is 2.85. The van der Waals surface area contributed by atoms with Crippen LogP contribution >= 0.6 is 0 Å². The first-order chi connectivity index (χ1) is 12.7. The first-order valence-electron chi connectivity index (χ1n) is 8.13. The molecule has 1 saturated carbocycles. The highest BCUT2D eigenvalue weighted by Crippen LogP contribution is 2.31. The average Bonchev–Trinajstić information content (AvgIpc) is 2.63. The van der Waals surface area contributed by atoms with Crippen molar-refractivity contribution in [1.82, 2.24) is 0 Å². The molecule has 0 bridgehead atoms. The van der Waals surface area contributed by atoms with Crippen LogP contribution in [0.15, 0.2) is 24.3 Å². The molecule has 0 spiro atoms. The smallest absolute Gasteiger partial charge is 0.335 e. The van der Waals surface area contributed by atoms with E-state index in [4.69, 9.17) is 19.3 Å². The van der Waals surface area contributed by atoms with Crippen LogP contribution in [0.5, 0.6) is 11.5 Å². The number of carbonyl (C=O) groups is 2. The average molecular weight is 382 g/mol. The van der Waals surface area contributed by atoms with Crippen LogP contribution in [0.3, 0.4) is 0 Å². The number of carbonyl (C=O) groups excluding carboxylic acids is 1. The number of methoxy groups -OCH3 is 2. The van der Waals surface area contributed by atoms with Crippen molar-refractivity contribution in [2.45, 2.75) is 36.8 Å². The highest BCUT2D eigenvalue weighted by Gasteiger charge is 2.50. The van der Waals surface area contributed by atoms with Gasteiger partial charge in [-0.3, -0.25) is 0 Å². The Hall–Kier alpha value is -2.62. The quantitative estimate of drug-likeness (QED) is 0.394. The second-order valence-corrected chi connectivity index (χ2v) is 6.23. The molecule has 0 amide bonds. The summed E-state index contributed by atoms with van der Waals surface area (Å²) in [4.78, 5) is 23.2. The van der Waals surface area contributed by atoms with Gasteiger partial charge in [-0.05, 0) is 23.8 Å². The number of esters is 1. The lowest BCUT2D eigenvalue weighted by Crippen LogP contribution is -2.57. The van der Waals surface area contributed by atoms with E-state index in [9.17, 15) is 24.9 Å². The molecule has 1 fully saturated rings. The first kappa shape index (κ1) is 20.7. The van der Waals surface area contributed by atoms with Gasteiger partial charge in [0.25, 0.3) is 0 Å². The zero-order chi connectivity index (χ0) is 20.2. The number of benzene rings is 1. The fourth-order valence-electron chi connectivity index (χ4n) is 2.85. The molecule has 1 aromatic rings. The van der Waals surface area contributed by atoms with Crippen molar-refractivity contribution < 1.29 is 44.2 Å². The molecule has 9 nitrogen and oxygen atoms in total. The lowest BCUT2D eigenvalue weighted by Gasteiger charge is -2.39. The van der Waals surface area contributed by atoms with Crippen LogP contribution in [0.4, 0.5) is 0 Å². The normalized spacial score (nSPS) is 28.0. The highest BCUT2D eigenvalue weighted by molar-refractivity contribution is 5.87. The molecule has 1 aliphatic rings. The lowest BCUT2D eigenvalue weighted by molar-refractivity contribution is -0.196. The Morgan fingerprint density at radius 1 is 1.15 bits per heavy atom. The minimum atomic E-state index is -2.28. The molecular formula is C18H22O9. The van der Waals surface area contributed by atoms with Crippen LogP contribution in [-0.2, 0) is 14.3 Å². The van der Waals surface area contributed by atoms with Crippen molar-refractivity contribution in [3.05, 3.63) is 29.8 Å². The molecule has 27 heavy (non-hydrogen) atoms. The first-order valence-corrected chi connectivity index (χ1v) is 8.13. The van der Waals surface area contributed by atoms with Crippen LogP contribution in [0.2, 0.25) is 0 Å². The summed E-state index contributed by atoms with van der Waals surface area (Å²) >= 11 is 0. The molecule has 0 saturated heterocycles. The molecule has 0 aliphatic heterocycles. The summed E-state index contributed by atoms with van der Waals surface area (Å²) in [6.07, 6.45) is -2.98. The van der Waals surface area contributed by atoms with Crippen LogP contribution < -0.4 is 9.47 Å². The molecule has 4 N–H and O–H groups in total. The van der Waals surface area contributed by atoms with E-state index in [2.05, 4.69) is 0 Å². The number of aliphatic hydroxyl groups excluding tert-OH is 2. The molecule has 0 aromatic heterocycles. The van der Waals surface area contributed by atoms with Crippen molar-refractivity contribution in [2.24, 2.45) is 0 Å². The molecular weight excluding hydrogens is 360 g/mol. The van der Waals surface area contributed by atoms with Gasteiger partial charge in [-0.15, -0.1) is 0 Å². The minimum Gasteiger partial charge on any atom is -0.493 e. The van der Waals surface area contributed by atoms with Gasteiger partial charge in [0.2, 0.25) is 0 Å². The molecule has 0 radical (unpaired) electrons. The van der Waals surface area contributed by atoms with E-state index in [-0.39, 0.29) is 0 Å². The summed E-state index contributed by atoms with van der Waals surface area (Å²) in [6.45, 7) is 0. The van der Waals surface area contributed by atoms with Gasteiger partial charge >= 0.3 is 11.9 Å². The highest BCUT2D eigenvalue weighted by atomic mass is 16.6. The Morgan fingerprint density at radius 2 is 1.81 bits per heavy atom. The van der Waals surface area contributed by atoms with Crippen molar-refractivity contribution in [1.29, 1.82) is 0 Å². The van der Waals surface area contributed by atoms with Crippen molar-refractivity contribution in [2.75, 3.05) is 14.2 Å². The SMILES string of the molecule is COc1ccc(/C=C/C(=O)O[C@H]2C[C@](O)(C(=O)O)C[C@H](O)[C@H]2O)cc1OC. The summed E-state index contributed by atoms with van der Waals surface area (Å²) in [5.74, 6) is -1.44. The second kappa shape index (κ2) is 8.38. The van der Waals surface area contributed by atoms with E-state index in [0.29, 0.717) is 17.1 Å². The van der Waals surface area contributed by atoms with Crippen molar-refractivity contribution in [3.63, 3.8) is 0 Å². The van der Waals surface area contributed by atoms with Crippen LogP contribution in [0, 0.1) is 0 Å². The Kier molecular flexibility index (Phi) is 6.42. The van der Waals surface area contributed by atoms with Crippen molar-refractivity contribution >= 4 is 18.0 Å². The summed E-state index contributed by atoms with van der Waals surface area (Å²) in [6, 6.07) is 4.95. The molecule has 0 unspecified atom stereocenters. The van der Waals surface area contributed by atoms with Gasteiger partial charge in [-0.2, -0.15) is 0 Å². The number of carboxylic acids is 1. The van der Waals surface area contributed by atoms with Gasteiger partial charge in [0, 0.05) is 18.9 Å². The topological polar surface area (TPSA) is 143 Å². The molecule has 1 aromatic carbocycles. The van der Waals surface area contributed by atoms with Gasteiger partial charge in [0.1, 0.15) is 12.2 Å². The summed E-state index contributed by atoms with van der Waals surface area (Å²) in [5.41, 5.74) is -1.67. The molecule has 2 rings (SSSR count). The van der Waals surface area contributed by atoms with Crippen molar-refractivity contribution in [3.8, 4) is 11.5 Å². The van der Waals surface area contributed by atoms with Gasteiger partial charge < -0.3 is 34.6 Å². The van der Waals surface area contributed by atoms with E-state index in [1.807, 2.05) is 0 Å². The Balaban J connectivity index is 2.08. The van der Waals surface area contributed by atoms with Gasteiger partial charge in [-0.25, -0.2) is 9.59 Å². The number of rotatable bonds is 6. The summed E-state index contributed by atoms with van der Waals surface area (Å²) < 4.78 is 15.3. The number of hydrogen-bond acceptors (Lipinski definition) is 8. The molecule has 1 aliphatic carbocycles. The number of ether oxygens (including phenoxy) is 3. The van der Waals surface area contributed by atoms with Crippen LogP contribution in [0.25, 0.3) is 6.08 Å². The number of hydrogen-bond donors (Lipinski definition) is 4. The van der Waals surface area contributed by atoms with Crippen LogP contribution in [0.1, 0.15) is 18.4 Å². The second-order valence-electron chi connectivity index (χ2n) is 6.23. The standard InChI is InChI=1S/C18H22O9/c1-25-12-5-3-10(7-13(12)26-2)4-6-15(20)27-14-9-18(24,17(22)23)8-11(19)16(14)21/h3-7,11,14,16,19,21,24H,8-9H2,1-2H3,(H,22,23)/b6-4+/t11-,14-,16+,18-/m0/s1. The number of carboxylic acid groups (broad SMARTS) is 1. The maximum absolute atomic E-state index is 12.0. The predicted molar refractivity (Wildman–Crippen MR) is 92.3 cm³/mol. The van der Waals surface area contributed by atoms with E-state index >= 15 is 0 Å². The van der Waals surface area contributed by atoms with E-state index < -0.39 is 48.7 Å². The van der Waals surface area contributed by atoms with Gasteiger partial charge in [-0.1, -0.05) is 6.07 Å². The van der Waals surface area contributed by atoms with Gasteiger partial charge in [0.15, 0.2) is 17.1 Å². The summed E-state index contributed by atoms with van der Waals surface area (Å²) in [5, 5.41) is 38.8. The zero-order valence-corrected chi connectivity index (χ0v) is 14.9. The third-order valence-corrected chi connectivity index (χ3v) is 4.35. The molecule has 4 atom stereocenters. The van der Waals surface area contributed by atoms with Gasteiger partial charge in [0.05, 0.1) is 20.3 Å². The van der Waals surface area contributed by atoms with E-state index in [0.717, 1.165) is 6.08 Å². The van der Waals surface area contributed by atoms with Crippen LogP contribution in [-0.4, -0.2) is 70.5 Å². The largest absolute Gasteiger partial charge is 0.493 e. The number of aliphatic hydroxyl groups is 3. The fraction of sp³-hybridized carbons (Fsp3) is 0.444. The Labute approximate surface area is 155 Å². The lowest BCUT2D eigenvalue weighted by atomic mass is 9.79. The Morgan fingerprint density at radius 3 is 2.41 bits per heavy atom. The summed E-state index contributed by atoms with van der Waals surface area (Å²) in [7, 11) is 2.96. The minimum absolute atomic E-state index is 0.463. The maximum atomic E-state index is 12.0. The zero-order valence-electron chi connectivity index (χ0n) is 14.9. The maximum Gasteiger partial charge on any atom is 0.335 e. The third kappa shape index (κ3) is 4.76. The number of aliphatic carboxylic acids is 1. The third-order valence-electron chi connectivity index (χ3n) is 4.35. The van der Waals surface area contributed by atoms with E-state index in [1.54, 1.807) is 18.2 Å². The van der Waals surface area contributed by atoms with E-state index in [1.165, 1.54) is 20.3 Å². The molecule has 9 heteroatoms.